The van der Waals surface area contributed by atoms with Crippen molar-refractivity contribution < 1.29 is 14.3 Å². The lowest BCUT2D eigenvalue weighted by Crippen LogP contribution is -2.42. The Hall–Kier alpha value is -8.64. The Morgan fingerprint density at radius 3 is 1.00 bits per heavy atom. The lowest BCUT2D eigenvalue weighted by atomic mass is 10.3. The molecule has 1 N–H and O–H groups in total. The summed E-state index contributed by atoms with van der Waals surface area (Å²) in [5.41, 5.74) is 0. The molecule has 0 aromatic carbocycles. The molecule has 0 aromatic rings. The first-order valence-corrected chi connectivity index (χ1v) is 12.1. The van der Waals surface area contributed by atoms with Gasteiger partial charge in [0.15, 0.2) is 12.1 Å². The fourth-order valence-electron chi connectivity index (χ4n) is 1.99. The van der Waals surface area contributed by atoms with E-state index in [9.17, 15) is 5.11 Å². The van der Waals surface area contributed by atoms with Gasteiger partial charge in [-0.2, -0.15) is 4.48 Å². The summed E-state index contributed by atoms with van der Waals surface area (Å²) in [5.74, 6) is 81.7. The van der Waals surface area contributed by atoms with Gasteiger partial charge >= 0.3 is 0 Å². The topological polar surface area (TPSA) is 29.5 Å². The molecule has 0 rings (SSSR count). The van der Waals surface area contributed by atoms with E-state index in [2.05, 4.69) is 214 Å². The van der Waals surface area contributed by atoms with E-state index in [1.54, 1.807) is 14.0 Å². The largest absolute Gasteiger partial charge is 0.444 e. The van der Waals surface area contributed by atoms with Crippen LogP contribution in [0.4, 0.5) is 0 Å². The van der Waals surface area contributed by atoms with Crippen molar-refractivity contribution in [2.75, 3.05) is 20.2 Å². The van der Waals surface area contributed by atoms with E-state index >= 15 is 0 Å². The van der Waals surface area contributed by atoms with Gasteiger partial charge in [0.05, 0.1) is 18.9 Å². The van der Waals surface area contributed by atoms with Crippen molar-refractivity contribution in [1.82, 2.24) is 0 Å². The van der Waals surface area contributed by atoms with Gasteiger partial charge in [-0.05, 0) is 94.7 Å². The molecule has 3 nitrogen and oxygen atoms in total. The predicted molar refractivity (Wildman–Crippen MR) is 179 cm³/mol. The average molecular weight is 577 g/mol. The zero-order valence-electron chi connectivity index (χ0n) is 24.4. The van der Waals surface area contributed by atoms with Gasteiger partial charge < -0.3 is 9.84 Å². The number of nitrogens with zero attached hydrogens (tertiary/aromatic N) is 1. The van der Waals surface area contributed by atoms with Gasteiger partial charge in [0.1, 0.15) is 25.4 Å². The zero-order valence-corrected chi connectivity index (χ0v) is 24.4. The summed E-state index contributed by atoms with van der Waals surface area (Å²) >= 11 is 0. The highest BCUT2D eigenvalue weighted by atomic mass is 16.5. The van der Waals surface area contributed by atoms with Crippen LogP contribution in [-0.4, -0.2) is 35.9 Å². The summed E-state index contributed by atoms with van der Waals surface area (Å²) in [5, 5.41) is 10.3. The number of rotatable bonds is 4. The second-order valence-corrected chi connectivity index (χ2v) is 6.95. The van der Waals surface area contributed by atoms with Gasteiger partial charge in [-0.15, -0.1) is 12.8 Å². The summed E-state index contributed by atoms with van der Waals surface area (Å²) in [6.45, 7) is 1.67. The van der Waals surface area contributed by atoms with Crippen LogP contribution in [0.15, 0.2) is 0 Å². The average Bonchev–Trinajstić information content (AvgIpc) is 3.04. The molecule has 1 atom stereocenters. The molecule has 0 heterocycles. The fraction of sp³-hybridized carbons (Fsp3) is 0.116. The standard InChI is InChI=1S/C43H14NO2/c1-5-8-10-12-14-16-18-20-22-24-26-28-30-32-34-36-38-44(4,41-43(45)42-46-40-7-3)39-37-35-33-31-29-27-25-23-21-19-17-15-13-11-9-6-2/h1-2,43,45H,41-42H2,3-4H3/q+1. The van der Waals surface area contributed by atoms with Crippen LogP contribution in [0.1, 0.15) is 6.92 Å². The maximum Gasteiger partial charge on any atom is 0.166 e. The van der Waals surface area contributed by atoms with Crippen LogP contribution >= 0.6 is 0 Å². The Labute approximate surface area is 273 Å². The van der Waals surface area contributed by atoms with Gasteiger partial charge in [0.25, 0.3) is 0 Å². The van der Waals surface area contributed by atoms with Crippen molar-refractivity contribution in [3.05, 3.63) is 0 Å². The van der Waals surface area contributed by atoms with Gasteiger partial charge in [0, 0.05) is 89.8 Å². The number of aliphatic hydroxyl groups excluding tert-OH is 1. The molecule has 0 aromatic heterocycles. The smallest absolute Gasteiger partial charge is 0.166 e. The van der Waals surface area contributed by atoms with Crippen LogP contribution in [0.5, 0.6) is 0 Å². The normalized spacial score (nSPS) is 6.28. The molecule has 46 heavy (non-hydrogen) atoms. The molecule has 3 heteroatoms. The van der Waals surface area contributed by atoms with Crippen LogP contribution in [0.3, 0.4) is 0 Å². The number of aliphatic hydroxyl groups is 1. The van der Waals surface area contributed by atoms with Crippen molar-refractivity contribution in [3.8, 4) is 226 Å². The summed E-state index contributed by atoms with van der Waals surface area (Å²) < 4.78 is 4.84. The fourth-order valence-corrected chi connectivity index (χ4v) is 1.99. The summed E-state index contributed by atoms with van der Waals surface area (Å²) in [4.78, 5) is 0. The number of hydrogen-bond acceptors (Lipinski definition) is 2. The Morgan fingerprint density at radius 2 is 0.739 bits per heavy atom. The highest BCUT2D eigenvalue weighted by molar-refractivity contribution is 5.48. The summed E-state index contributed by atoms with van der Waals surface area (Å²) in [7, 11) is 1.67. The molecule has 0 aliphatic heterocycles. The number of likely N-dealkylation sites (N-methyl/N-ethyl adjacent to an activating group) is 1. The second kappa shape index (κ2) is 29.3. The molecule has 0 saturated heterocycles. The first-order valence-electron chi connectivity index (χ1n) is 12.1. The Morgan fingerprint density at radius 1 is 0.478 bits per heavy atom. The van der Waals surface area contributed by atoms with E-state index in [1.807, 2.05) is 0 Å². The quantitative estimate of drug-likeness (QED) is 0.378. The Balaban J connectivity index is 5.51. The highest BCUT2D eigenvalue weighted by Crippen LogP contribution is 2.01. The molecule has 0 bridgehead atoms. The third-order valence-corrected chi connectivity index (χ3v) is 3.53. The van der Waals surface area contributed by atoms with Crippen LogP contribution in [0.2, 0.25) is 0 Å². The summed E-state index contributed by atoms with van der Waals surface area (Å²) in [6.07, 6.45) is 11.4. The van der Waals surface area contributed by atoms with E-state index in [-0.39, 0.29) is 17.6 Å². The predicted octanol–water partition coefficient (Wildman–Crippen LogP) is 0.0271. The van der Waals surface area contributed by atoms with Crippen molar-refractivity contribution in [2.24, 2.45) is 0 Å². The summed E-state index contributed by atoms with van der Waals surface area (Å²) in [6, 6.07) is 5.72. The molecular formula is C43H14NO2+. The Bertz CT molecular complexity index is 2240. The first-order chi connectivity index (χ1) is 22.6. The van der Waals surface area contributed by atoms with Crippen molar-refractivity contribution >= 4 is 0 Å². The van der Waals surface area contributed by atoms with Crippen LogP contribution < -0.4 is 0 Å². The third kappa shape index (κ3) is 26.9. The number of quaternary nitrogens is 1. The van der Waals surface area contributed by atoms with Gasteiger partial charge in [0.2, 0.25) is 0 Å². The van der Waals surface area contributed by atoms with E-state index in [1.165, 1.54) is 0 Å². The maximum absolute atomic E-state index is 10.3. The minimum absolute atomic E-state index is 0.0319. The van der Waals surface area contributed by atoms with Gasteiger partial charge in [-0.25, -0.2) is 0 Å². The molecule has 0 amide bonds. The molecule has 202 valence electrons. The monoisotopic (exact) mass is 576 g/mol. The molecule has 0 fully saturated rings. The maximum atomic E-state index is 10.3. The second-order valence-electron chi connectivity index (χ2n) is 6.95. The minimum atomic E-state index is -0.916. The van der Waals surface area contributed by atoms with Crippen LogP contribution in [0, 0.1) is 226 Å². The third-order valence-electron chi connectivity index (χ3n) is 3.53. The highest BCUT2D eigenvalue weighted by Gasteiger charge is 2.23. The van der Waals surface area contributed by atoms with E-state index in [4.69, 9.17) is 17.6 Å². The van der Waals surface area contributed by atoms with Crippen molar-refractivity contribution in [1.29, 1.82) is 0 Å². The zero-order chi connectivity index (χ0) is 33.7. The number of ether oxygens (including phenoxy) is 1. The van der Waals surface area contributed by atoms with E-state index in [0.29, 0.717) is 0 Å². The molecule has 1 unspecified atom stereocenters. The molecule has 0 radical (unpaired) electrons. The van der Waals surface area contributed by atoms with Crippen molar-refractivity contribution in [3.63, 3.8) is 0 Å². The van der Waals surface area contributed by atoms with Crippen LogP contribution in [-0.2, 0) is 4.74 Å². The van der Waals surface area contributed by atoms with Crippen molar-refractivity contribution in [2.45, 2.75) is 13.0 Å². The number of hydrogen-bond donors (Lipinski definition) is 1. The molecule has 0 spiro atoms. The molecule has 0 aliphatic rings. The Kier molecular flexibility index (Phi) is 23.8. The van der Waals surface area contributed by atoms with Gasteiger partial charge in [-0.3, -0.25) is 0 Å². The minimum Gasteiger partial charge on any atom is -0.444 e. The lowest BCUT2D eigenvalue weighted by molar-refractivity contribution is -0.777. The first kappa shape index (κ1) is 37.4. The van der Waals surface area contributed by atoms with E-state index < -0.39 is 6.10 Å². The molecule has 0 aliphatic carbocycles. The molecular weight excluding hydrogens is 562 g/mol. The SMILES string of the molecule is C#CC#CC#CC#CC#CC#CC#CC#CC#C[N+](C)(C#CC#CC#CC#CC#CC#CC#CC#CC#C)CC(O)COC#CC. The lowest BCUT2D eigenvalue weighted by Gasteiger charge is -2.20. The molecule has 0 saturated carbocycles. The van der Waals surface area contributed by atoms with Gasteiger partial charge in [-0.1, -0.05) is 5.92 Å². The number of terminal acetylenes is 2. The van der Waals surface area contributed by atoms with Crippen LogP contribution in [0.25, 0.3) is 0 Å². The van der Waals surface area contributed by atoms with E-state index in [0.717, 1.165) is 0 Å².